The lowest BCUT2D eigenvalue weighted by atomic mass is 10.2. The number of sulfonamides is 1. The van der Waals surface area contributed by atoms with E-state index in [4.69, 9.17) is 23.8 Å². The van der Waals surface area contributed by atoms with Crippen molar-refractivity contribution in [3.05, 3.63) is 65.2 Å². The molecule has 0 atom stereocenters. The van der Waals surface area contributed by atoms with Crippen LogP contribution in [0.2, 0.25) is 5.02 Å². The second-order valence-corrected chi connectivity index (χ2v) is 8.75. The number of piperazine rings is 1. The van der Waals surface area contributed by atoms with Crippen LogP contribution in [0.3, 0.4) is 0 Å². The predicted octanol–water partition coefficient (Wildman–Crippen LogP) is 2.72. The zero-order valence-electron chi connectivity index (χ0n) is 14.1. The van der Waals surface area contributed by atoms with E-state index in [2.05, 4.69) is 5.32 Å². The molecule has 3 rings (SSSR count). The van der Waals surface area contributed by atoms with Gasteiger partial charge in [-0.05, 0) is 42.0 Å². The standard InChI is InChI=1S/C18H20ClN3O2S2/c19-16-6-8-17(9-7-16)26(23,24)22-12-10-21(11-13-22)18(25)20-14-15-4-2-1-3-5-15/h1-9H,10-14H2,(H,20,25). The van der Waals surface area contributed by atoms with E-state index in [1.54, 1.807) is 12.1 Å². The Kier molecular flexibility index (Phi) is 6.13. The van der Waals surface area contributed by atoms with Crippen LogP contribution in [0.1, 0.15) is 5.56 Å². The normalized spacial score (nSPS) is 15.7. The van der Waals surface area contributed by atoms with Crippen LogP contribution in [0.15, 0.2) is 59.5 Å². The molecule has 26 heavy (non-hydrogen) atoms. The van der Waals surface area contributed by atoms with Gasteiger partial charge in [0.25, 0.3) is 0 Å². The van der Waals surface area contributed by atoms with E-state index < -0.39 is 10.0 Å². The average molecular weight is 410 g/mol. The van der Waals surface area contributed by atoms with E-state index in [1.165, 1.54) is 16.4 Å². The highest BCUT2D eigenvalue weighted by Crippen LogP contribution is 2.19. The van der Waals surface area contributed by atoms with Crippen LogP contribution in [0.4, 0.5) is 0 Å². The van der Waals surface area contributed by atoms with Crippen molar-refractivity contribution in [3.8, 4) is 0 Å². The fourth-order valence-electron chi connectivity index (χ4n) is 2.77. The molecule has 2 aromatic rings. The minimum atomic E-state index is -3.50. The first-order valence-electron chi connectivity index (χ1n) is 8.29. The van der Waals surface area contributed by atoms with Crippen LogP contribution < -0.4 is 5.32 Å². The van der Waals surface area contributed by atoms with Crippen molar-refractivity contribution in [1.82, 2.24) is 14.5 Å². The molecule has 1 fully saturated rings. The first-order chi connectivity index (χ1) is 12.5. The summed E-state index contributed by atoms with van der Waals surface area (Å²) in [6.07, 6.45) is 0. The van der Waals surface area contributed by atoms with Gasteiger partial charge in [0.2, 0.25) is 10.0 Å². The number of nitrogens with zero attached hydrogens (tertiary/aromatic N) is 2. The van der Waals surface area contributed by atoms with E-state index in [0.717, 1.165) is 5.56 Å². The highest BCUT2D eigenvalue weighted by molar-refractivity contribution is 7.89. The highest BCUT2D eigenvalue weighted by Gasteiger charge is 2.29. The van der Waals surface area contributed by atoms with Gasteiger partial charge in [0, 0.05) is 37.7 Å². The molecule has 0 unspecified atom stereocenters. The second kappa shape index (κ2) is 8.35. The number of nitrogens with one attached hydrogen (secondary N) is 1. The van der Waals surface area contributed by atoms with Crippen molar-refractivity contribution in [2.45, 2.75) is 11.4 Å². The minimum Gasteiger partial charge on any atom is -0.358 e. The first kappa shape index (κ1) is 19.1. The largest absolute Gasteiger partial charge is 0.358 e. The van der Waals surface area contributed by atoms with Crippen LogP contribution in [0.25, 0.3) is 0 Å². The molecule has 8 heteroatoms. The Balaban J connectivity index is 1.55. The molecule has 0 bridgehead atoms. The Morgan fingerprint density at radius 2 is 1.62 bits per heavy atom. The molecular weight excluding hydrogens is 390 g/mol. The van der Waals surface area contributed by atoms with Crippen LogP contribution in [0, 0.1) is 0 Å². The zero-order valence-corrected chi connectivity index (χ0v) is 16.5. The van der Waals surface area contributed by atoms with Crippen LogP contribution in [0.5, 0.6) is 0 Å². The van der Waals surface area contributed by atoms with Gasteiger partial charge in [0.15, 0.2) is 5.11 Å². The summed E-state index contributed by atoms with van der Waals surface area (Å²) in [6.45, 7) is 2.58. The van der Waals surface area contributed by atoms with Crippen LogP contribution >= 0.6 is 23.8 Å². The molecule has 1 aliphatic heterocycles. The number of thiocarbonyl (C=S) groups is 1. The number of hydrogen-bond acceptors (Lipinski definition) is 3. The SMILES string of the molecule is O=S(=O)(c1ccc(Cl)cc1)N1CCN(C(=S)NCc2ccccc2)CC1. The molecule has 5 nitrogen and oxygen atoms in total. The molecule has 0 spiro atoms. The summed E-state index contributed by atoms with van der Waals surface area (Å²) in [5, 5.41) is 4.40. The molecule has 0 aromatic heterocycles. The Labute approximate surface area is 164 Å². The molecule has 1 heterocycles. The van der Waals surface area contributed by atoms with E-state index >= 15 is 0 Å². The molecular formula is C18H20ClN3O2S2. The fourth-order valence-corrected chi connectivity index (χ4v) is 4.58. The van der Waals surface area contributed by atoms with Gasteiger partial charge in [0.1, 0.15) is 0 Å². The molecule has 0 radical (unpaired) electrons. The van der Waals surface area contributed by atoms with Gasteiger partial charge in [-0.1, -0.05) is 41.9 Å². The van der Waals surface area contributed by atoms with E-state index in [1.807, 2.05) is 35.2 Å². The molecule has 1 aliphatic rings. The Bertz CT molecular complexity index is 850. The maximum Gasteiger partial charge on any atom is 0.243 e. The maximum absolute atomic E-state index is 12.7. The first-order valence-corrected chi connectivity index (χ1v) is 10.5. The van der Waals surface area contributed by atoms with Crippen molar-refractivity contribution in [3.63, 3.8) is 0 Å². The number of rotatable bonds is 4. The highest BCUT2D eigenvalue weighted by atomic mass is 35.5. The van der Waals surface area contributed by atoms with Gasteiger partial charge < -0.3 is 10.2 Å². The monoisotopic (exact) mass is 409 g/mol. The van der Waals surface area contributed by atoms with E-state index in [9.17, 15) is 8.42 Å². The van der Waals surface area contributed by atoms with Crippen molar-refractivity contribution in [1.29, 1.82) is 0 Å². The van der Waals surface area contributed by atoms with Gasteiger partial charge in [-0.25, -0.2) is 8.42 Å². The molecule has 0 amide bonds. The lowest BCUT2D eigenvalue weighted by Gasteiger charge is -2.35. The topological polar surface area (TPSA) is 52.7 Å². The lowest BCUT2D eigenvalue weighted by molar-refractivity contribution is 0.264. The predicted molar refractivity (Wildman–Crippen MR) is 108 cm³/mol. The van der Waals surface area contributed by atoms with E-state index in [0.29, 0.717) is 42.9 Å². The molecule has 1 saturated heterocycles. The van der Waals surface area contributed by atoms with Crippen molar-refractivity contribution in [2.75, 3.05) is 26.2 Å². The molecule has 2 aromatic carbocycles. The summed E-state index contributed by atoms with van der Waals surface area (Å²) in [4.78, 5) is 2.27. The van der Waals surface area contributed by atoms with E-state index in [-0.39, 0.29) is 4.90 Å². The number of hydrogen-bond donors (Lipinski definition) is 1. The average Bonchev–Trinajstić information content (AvgIpc) is 2.67. The van der Waals surface area contributed by atoms with Crippen LogP contribution in [-0.2, 0) is 16.6 Å². The Hall–Kier alpha value is -1.67. The Morgan fingerprint density at radius 1 is 1.00 bits per heavy atom. The van der Waals surface area contributed by atoms with Crippen molar-refractivity contribution in [2.24, 2.45) is 0 Å². The van der Waals surface area contributed by atoms with Gasteiger partial charge in [-0.15, -0.1) is 0 Å². The fraction of sp³-hybridized carbons (Fsp3) is 0.278. The molecule has 1 N–H and O–H groups in total. The van der Waals surface area contributed by atoms with Crippen molar-refractivity contribution < 1.29 is 8.42 Å². The summed E-state index contributed by atoms with van der Waals surface area (Å²) in [7, 11) is -3.50. The number of benzene rings is 2. The summed E-state index contributed by atoms with van der Waals surface area (Å²) in [5.41, 5.74) is 1.15. The molecule has 138 valence electrons. The molecule has 0 aliphatic carbocycles. The third kappa shape index (κ3) is 4.54. The minimum absolute atomic E-state index is 0.264. The number of halogens is 1. The van der Waals surface area contributed by atoms with Gasteiger partial charge in [-0.3, -0.25) is 0 Å². The van der Waals surface area contributed by atoms with Gasteiger partial charge in [-0.2, -0.15) is 4.31 Å². The summed E-state index contributed by atoms with van der Waals surface area (Å²) in [5.74, 6) is 0. The lowest BCUT2D eigenvalue weighted by Crippen LogP contribution is -2.52. The zero-order chi connectivity index (χ0) is 18.6. The summed E-state index contributed by atoms with van der Waals surface area (Å²) in [6, 6.07) is 16.3. The maximum atomic E-state index is 12.7. The van der Waals surface area contributed by atoms with Crippen LogP contribution in [-0.4, -0.2) is 48.9 Å². The smallest absolute Gasteiger partial charge is 0.243 e. The summed E-state index contributed by atoms with van der Waals surface area (Å²) >= 11 is 11.3. The third-order valence-corrected chi connectivity index (χ3v) is 6.83. The molecule has 0 saturated carbocycles. The third-order valence-electron chi connectivity index (χ3n) is 4.26. The van der Waals surface area contributed by atoms with Crippen molar-refractivity contribution >= 4 is 39.0 Å². The summed E-state index contributed by atoms with van der Waals surface area (Å²) < 4.78 is 26.9. The van der Waals surface area contributed by atoms with Gasteiger partial charge in [0.05, 0.1) is 4.90 Å². The second-order valence-electron chi connectivity index (χ2n) is 5.99. The Morgan fingerprint density at radius 3 is 2.23 bits per heavy atom. The quantitative estimate of drug-likeness (QED) is 0.787. The van der Waals surface area contributed by atoms with Gasteiger partial charge >= 0.3 is 0 Å².